The van der Waals surface area contributed by atoms with Gasteiger partial charge in [-0.25, -0.2) is 0 Å². The Bertz CT molecular complexity index is 412. The van der Waals surface area contributed by atoms with Gasteiger partial charge in [0, 0.05) is 21.3 Å². The monoisotopic (exact) mass is 298 g/mol. The topological polar surface area (TPSA) is 66.4 Å². The van der Waals surface area contributed by atoms with Gasteiger partial charge in [-0.2, -0.15) is 0 Å². The van der Waals surface area contributed by atoms with E-state index in [1.54, 1.807) is 26.4 Å². The molecule has 5 atom stereocenters. The third kappa shape index (κ3) is 3.72. The molecule has 0 aromatic heterocycles. The van der Waals surface area contributed by atoms with E-state index in [2.05, 4.69) is 0 Å². The molecule has 0 spiro atoms. The van der Waals surface area contributed by atoms with Crippen LogP contribution in [0.5, 0.6) is 5.75 Å². The molecule has 1 aromatic rings. The molecule has 1 N–H and O–H groups in total. The average molecular weight is 298 g/mol. The van der Waals surface area contributed by atoms with Crippen molar-refractivity contribution in [2.45, 2.75) is 30.7 Å². The summed E-state index contributed by atoms with van der Waals surface area (Å²) in [4.78, 5) is 0. The lowest BCUT2D eigenvalue weighted by molar-refractivity contribution is -0.287. The highest BCUT2D eigenvalue weighted by Gasteiger charge is 2.47. The van der Waals surface area contributed by atoms with Crippen LogP contribution in [0.2, 0.25) is 0 Å². The van der Waals surface area contributed by atoms with Crippen LogP contribution in [-0.4, -0.2) is 63.7 Å². The zero-order valence-electron chi connectivity index (χ0n) is 12.5. The van der Waals surface area contributed by atoms with Gasteiger partial charge in [0.2, 0.25) is 6.29 Å². The molecule has 0 unspecified atom stereocenters. The molecule has 0 bridgehead atoms. The molecule has 0 aliphatic carbocycles. The molecule has 1 aliphatic rings. The van der Waals surface area contributed by atoms with Crippen molar-refractivity contribution in [1.29, 1.82) is 0 Å². The Kier molecular flexibility index (Phi) is 5.96. The molecule has 21 heavy (non-hydrogen) atoms. The first-order chi connectivity index (χ1) is 10.2. The minimum Gasteiger partial charge on any atom is -0.462 e. The van der Waals surface area contributed by atoms with E-state index in [1.165, 1.54) is 7.11 Å². The fourth-order valence-electron chi connectivity index (χ4n) is 2.48. The Labute approximate surface area is 124 Å². The van der Waals surface area contributed by atoms with Gasteiger partial charge in [-0.15, -0.1) is 0 Å². The molecule has 118 valence electrons. The van der Waals surface area contributed by atoms with Crippen LogP contribution >= 0.6 is 0 Å². The predicted molar refractivity (Wildman–Crippen MR) is 75.2 cm³/mol. The Balaban J connectivity index is 2.13. The summed E-state index contributed by atoms with van der Waals surface area (Å²) in [6.45, 7) is 0.319. The van der Waals surface area contributed by atoms with Crippen LogP contribution in [0.15, 0.2) is 30.3 Å². The highest BCUT2D eigenvalue weighted by Crippen LogP contribution is 2.27. The second kappa shape index (κ2) is 7.72. The van der Waals surface area contributed by atoms with Gasteiger partial charge < -0.3 is 28.8 Å². The summed E-state index contributed by atoms with van der Waals surface area (Å²) in [7, 11) is 4.65. The fraction of sp³-hybridized carbons (Fsp3) is 0.600. The van der Waals surface area contributed by atoms with Gasteiger partial charge in [0.15, 0.2) is 0 Å². The number of hydrogen-bond donors (Lipinski definition) is 1. The number of ether oxygens (including phenoxy) is 5. The number of para-hydroxylation sites is 1. The molecule has 1 heterocycles. The Hall–Kier alpha value is -1.18. The van der Waals surface area contributed by atoms with Gasteiger partial charge >= 0.3 is 0 Å². The predicted octanol–water partition coefficient (Wildman–Crippen LogP) is 0.828. The van der Waals surface area contributed by atoms with Crippen molar-refractivity contribution in [2.24, 2.45) is 0 Å². The number of rotatable bonds is 6. The van der Waals surface area contributed by atoms with Gasteiger partial charge in [-0.05, 0) is 12.1 Å². The molecule has 2 rings (SSSR count). The van der Waals surface area contributed by atoms with Crippen molar-refractivity contribution in [3.63, 3.8) is 0 Å². The van der Waals surface area contributed by atoms with Gasteiger partial charge in [0.1, 0.15) is 30.2 Å². The summed E-state index contributed by atoms with van der Waals surface area (Å²) >= 11 is 0. The first-order valence-electron chi connectivity index (χ1n) is 6.81. The summed E-state index contributed by atoms with van der Waals surface area (Å²) in [5.74, 6) is 0.614. The Morgan fingerprint density at radius 1 is 1.05 bits per heavy atom. The Morgan fingerprint density at radius 3 is 2.29 bits per heavy atom. The van der Waals surface area contributed by atoms with Crippen LogP contribution in [-0.2, 0) is 18.9 Å². The molecular weight excluding hydrogens is 276 g/mol. The molecule has 1 fully saturated rings. The quantitative estimate of drug-likeness (QED) is 0.839. The van der Waals surface area contributed by atoms with Crippen molar-refractivity contribution in [3.8, 4) is 5.75 Å². The van der Waals surface area contributed by atoms with Crippen LogP contribution in [0, 0.1) is 0 Å². The molecule has 1 aliphatic heterocycles. The molecule has 6 heteroatoms. The molecule has 0 saturated carbocycles. The molecule has 6 nitrogen and oxygen atoms in total. The van der Waals surface area contributed by atoms with E-state index >= 15 is 0 Å². The first-order valence-corrected chi connectivity index (χ1v) is 6.81. The second-order valence-electron chi connectivity index (χ2n) is 4.82. The first kappa shape index (κ1) is 16.2. The second-order valence-corrected chi connectivity index (χ2v) is 4.82. The highest BCUT2D eigenvalue weighted by molar-refractivity contribution is 5.21. The van der Waals surface area contributed by atoms with Gasteiger partial charge in [-0.1, -0.05) is 18.2 Å². The molecule has 0 radical (unpaired) electrons. The third-order valence-corrected chi connectivity index (χ3v) is 3.49. The van der Waals surface area contributed by atoms with Crippen LogP contribution < -0.4 is 4.74 Å². The lowest BCUT2D eigenvalue weighted by Gasteiger charge is -2.42. The van der Waals surface area contributed by atoms with Gasteiger partial charge in [-0.3, -0.25) is 0 Å². The molecular formula is C15H22O6. The minimum atomic E-state index is -0.965. The van der Waals surface area contributed by atoms with Crippen molar-refractivity contribution in [1.82, 2.24) is 0 Å². The zero-order chi connectivity index (χ0) is 15.2. The van der Waals surface area contributed by atoms with Crippen molar-refractivity contribution < 1.29 is 28.8 Å². The lowest BCUT2D eigenvalue weighted by Crippen LogP contribution is -2.61. The molecule has 1 aromatic carbocycles. The standard InChI is InChI=1S/C15H22O6/c1-17-9-11-13(18-2)14(19-3)12(16)15(21-11)20-10-7-5-4-6-8-10/h4-8,11-16H,9H2,1-3H3/t11-,12-,13-,14-,15+/m1/s1. The third-order valence-electron chi connectivity index (χ3n) is 3.49. The number of aliphatic hydroxyl groups excluding tert-OH is 1. The van der Waals surface area contributed by atoms with E-state index in [1.807, 2.05) is 18.2 Å². The smallest absolute Gasteiger partial charge is 0.229 e. The summed E-state index contributed by atoms with van der Waals surface area (Å²) < 4.78 is 27.4. The van der Waals surface area contributed by atoms with E-state index in [9.17, 15) is 5.11 Å². The van der Waals surface area contributed by atoms with Crippen LogP contribution in [0.4, 0.5) is 0 Å². The van der Waals surface area contributed by atoms with E-state index < -0.39 is 24.6 Å². The zero-order valence-corrected chi connectivity index (χ0v) is 12.5. The molecule has 0 amide bonds. The largest absolute Gasteiger partial charge is 0.462 e. The molecule has 1 saturated heterocycles. The van der Waals surface area contributed by atoms with E-state index in [0.717, 1.165) is 0 Å². The fourth-order valence-corrected chi connectivity index (χ4v) is 2.48. The minimum absolute atomic E-state index is 0.319. The summed E-state index contributed by atoms with van der Waals surface area (Å²) in [6.07, 6.45) is -3.18. The SMILES string of the molecule is COC[C@H]1O[C@H](Oc2ccccc2)[C@H](O)[C@@H](OC)[C@@H]1OC. The van der Waals surface area contributed by atoms with E-state index in [4.69, 9.17) is 23.7 Å². The number of methoxy groups -OCH3 is 3. The van der Waals surface area contributed by atoms with Crippen molar-refractivity contribution in [3.05, 3.63) is 30.3 Å². The van der Waals surface area contributed by atoms with E-state index in [0.29, 0.717) is 12.4 Å². The average Bonchev–Trinajstić information content (AvgIpc) is 2.51. The maximum atomic E-state index is 10.4. The number of benzene rings is 1. The lowest BCUT2D eigenvalue weighted by atomic mass is 9.98. The number of aliphatic hydroxyl groups is 1. The normalized spacial score (nSPS) is 32.9. The summed E-state index contributed by atoms with van der Waals surface area (Å²) in [6, 6.07) is 9.18. The van der Waals surface area contributed by atoms with Gasteiger partial charge in [0.05, 0.1) is 6.61 Å². The maximum absolute atomic E-state index is 10.4. The van der Waals surface area contributed by atoms with Crippen LogP contribution in [0.3, 0.4) is 0 Å². The van der Waals surface area contributed by atoms with E-state index in [-0.39, 0.29) is 6.10 Å². The van der Waals surface area contributed by atoms with Crippen LogP contribution in [0.25, 0.3) is 0 Å². The number of hydrogen-bond acceptors (Lipinski definition) is 6. The van der Waals surface area contributed by atoms with Crippen LogP contribution in [0.1, 0.15) is 0 Å². The highest BCUT2D eigenvalue weighted by atomic mass is 16.7. The summed E-state index contributed by atoms with van der Waals surface area (Å²) in [5.41, 5.74) is 0. The summed E-state index contributed by atoms with van der Waals surface area (Å²) in [5, 5.41) is 10.4. The van der Waals surface area contributed by atoms with Gasteiger partial charge in [0.25, 0.3) is 0 Å². The Morgan fingerprint density at radius 2 is 1.71 bits per heavy atom. The van der Waals surface area contributed by atoms with Crippen molar-refractivity contribution >= 4 is 0 Å². The maximum Gasteiger partial charge on any atom is 0.229 e. The van der Waals surface area contributed by atoms with Crippen molar-refractivity contribution in [2.75, 3.05) is 27.9 Å².